The van der Waals surface area contributed by atoms with Gasteiger partial charge in [-0.1, -0.05) is 18.2 Å². The third-order valence-corrected chi connectivity index (χ3v) is 4.31. The number of rotatable bonds is 5. The zero-order chi connectivity index (χ0) is 16.4. The molecular weight excluding hydrogens is 302 g/mol. The number of benzene rings is 1. The maximum atomic E-state index is 5.28. The number of hydrogen-bond acceptors (Lipinski definition) is 5. The highest BCUT2D eigenvalue weighted by atomic mass is 16.5. The number of ether oxygens (including phenoxy) is 1. The first-order valence-electron chi connectivity index (χ1n) is 8.16. The van der Waals surface area contributed by atoms with Gasteiger partial charge in [-0.05, 0) is 24.3 Å². The normalized spacial score (nSPS) is 15.0. The van der Waals surface area contributed by atoms with Gasteiger partial charge in [-0.25, -0.2) is 4.98 Å². The van der Waals surface area contributed by atoms with Crippen molar-refractivity contribution in [3.8, 4) is 0 Å². The van der Waals surface area contributed by atoms with Crippen molar-refractivity contribution in [3.05, 3.63) is 54.4 Å². The van der Waals surface area contributed by atoms with Gasteiger partial charge in [-0.2, -0.15) is 0 Å². The third kappa shape index (κ3) is 2.86. The quantitative estimate of drug-likeness (QED) is 0.721. The van der Waals surface area contributed by atoms with E-state index in [1.54, 1.807) is 7.11 Å². The zero-order valence-electron chi connectivity index (χ0n) is 13.8. The lowest BCUT2D eigenvalue weighted by atomic mass is 10.3. The SMILES string of the molecule is COCCN1CN(Cc2ccccn2)Cn2c1nc1ccccc12. The van der Waals surface area contributed by atoms with E-state index in [-0.39, 0.29) is 0 Å². The molecule has 0 radical (unpaired) electrons. The molecule has 0 amide bonds. The fraction of sp³-hybridized carbons (Fsp3) is 0.333. The van der Waals surface area contributed by atoms with Crippen molar-refractivity contribution < 1.29 is 4.74 Å². The maximum Gasteiger partial charge on any atom is 0.208 e. The number of imidazole rings is 1. The van der Waals surface area contributed by atoms with Gasteiger partial charge in [-0.15, -0.1) is 0 Å². The van der Waals surface area contributed by atoms with Crippen LogP contribution < -0.4 is 4.90 Å². The van der Waals surface area contributed by atoms with Crippen molar-refractivity contribution in [1.82, 2.24) is 19.4 Å². The minimum absolute atomic E-state index is 0.681. The molecule has 0 aliphatic carbocycles. The number of nitrogens with zero attached hydrogens (tertiary/aromatic N) is 5. The molecule has 0 fully saturated rings. The molecule has 2 aromatic heterocycles. The van der Waals surface area contributed by atoms with Crippen LogP contribution in [0.2, 0.25) is 0 Å². The summed E-state index contributed by atoms with van der Waals surface area (Å²) in [4.78, 5) is 13.9. The van der Waals surface area contributed by atoms with Crippen molar-refractivity contribution in [1.29, 1.82) is 0 Å². The monoisotopic (exact) mass is 323 g/mol. The van der Waals surface area contributed by atoms with Crippen LogP contribution in [0.1, 0.15) is 5.69 Å². The molecule has 0 unspecified atom stereocenters. The second kappa shape index (κ2) is 6.59. The Morgan fingerprint density at radius 2 is 1.96 bits per heavy atom. The minimum Gasteiger partial charge on any atom is -0.383 e. The first-order chi connectivity index (χ1) is 11.8. The Kier molecular flexibility index (Phi) is 4.15. The topological polar surface area (TPSA) is 46.4 Å². The molecule has 6 nitrogen and oxygen atoms in total. The number of hydrogen-bond donors (Lipinski definition) is 0. The van der Waals surface area contributed by atoms with Crippen molar-refractivity contribution >= 4 is 17.0 Å². The van der Waals surface area contributed by atoms with Gasteiger partial charge < -0.3 is 9.64 Å². The summed E-state index contributed by atoms with van der Waals surface area (Å²) in [6, 6.07) is 14.4. The van der Waals surface area contributed by atoms with Crippen LogP contribution in [0.3, 0.4) is 0 Å². The molecule has 0 spiro atoms. The van der Waals surface area contributed by atoms with E-state index in [2.05, 4.69) is 43.6 Å². The van der Waals surface area contributed by atoms with E-state index in [9.17, 15) is 0 Å². The molecule has 1 aliphatic rings. The fourth-order valence-corrected chi connectivity index (χ4v) is 3.19. The van der Waals surface area contributed by atoms with Gasteiger partial charge in [0.05, 0.1) is 36.7 Å². The van der Waals surface area contributed by atoms with Crippen LogP contribution in [0.4, 0.5) is 5.95 Å². The summed E-state index contributed by atoms with van der Waals surface area (Å²) in [5, 5.41) is 0. The highest BCUT2D eigenvalue weighted by molar-refractivity contribution is 5.79. The molecule has 1 aromatic carbocycles. The molecule has 6 heteroatoms. The first kappa shape index (κ1) is 15.1. The molecule has 1 aliphatic heterocycles. The Labute approximate surface area is 141 Å². The second-order valence-corrected chi connectivity index (χ2v) is 6.02. The van der Waals surface area contributed by atoms with Gasteiger partial charge >= 0.3 is 0 Å². The minimum atomic E-state index is 0.681. The summed E-state index contributed by atoms with van der Waals surface area (Å²) in [7, 11) is 1.73. The standard InChI is InChI=1S/C18H21N5O/c1-24-11-10-22-13-21(12-15-6-4-5-9-19-15)14-23-17-8-3-2-7-16(17)20-18(22)23/h2-9H,10-14H2,1H3. The van der Waals surface area contributed by atoms with Crippen LogP contribution in [0, 0.1) is 0 Å². The van der Waals surface area contributed by atoms with E-state index in [0.717, 1.165) is 43.6 Å². The molecule has 0 bridgehead atoms. The molecule has 3 aromatic rings. The Morgan fingerprint density at radius 3 is 2.79 bits per heavy atom. The van der Waals surface area contributed by atoms with Gasteiger partial charge in [0.2, 0.25) is 5.95 Å². The van der Waals surface area contributed by atoms with E-state index in [1.807, 2.05) is 24.4 Å². The van der Waals surface area contributed by atoms with E-state index in [4.69, 9.17) is 9.72 Å². The molecule has 0 N–H and O–H groups in total. The summed E-state index contributed by atoms with van der Waals surface area (Å²) in [6.45, 7) is 3.95. The average Bonchev–Trinajstić information content (AvgIpc) is 2.99. The third-order valence-electron chi connectivity index (χ3n) is 4.31. The van der Waals surface area contributed by atoms with Crippen molar-refractivity contribution in [3.63, 3.8) is 0 Å². The number of para-hydroxylation sites is 2. The molecule has 4 rings (SSSR count). The van der Waals surface area contributed by atoms with E-state index < -0.39 is 0 Å². The van der Waals surface area contributed by atoms with Gasteiger partial charge in [-0.3, -0.25) is 14.5 Å². The Hall–Kier alpha value is -2.44. The second-order valence-electron chi connectivity index (χ2n) is 6.02. The Morgan fingerprint density at radius 1 is 1.08 bits per heavy atom. The van der Waals surface area contributed by atoms with E-state index in [1.165, 1.54) is 5.52 Å². The lowest BCUT2D eigenvalue weighted by molar-refractivity contribution is 0.167. The smallest absolute Gasteiger partial charge is 0.208 e. The molecule has 24 heavy (non-hydrogen) atoms. The van der Waals surface area contributed by atoms with Crippen LogP contribution in [0.15, 0.2) is 48.7 Å². The van der Waals surface area contributed by atoms with Crippen LogP contribution in [-0.2, 0) is 18.0 Å². The van der Waals surface area contributed by atoms with Crippen LogP contribution in [-0.4, -0.2) is 46.4 Å². The molecule has 0 atom stereocenters. The lowest BCUT2D eigenvalue weighted by Crippen LogP contribution is -2.46. The predicted octanol–water partition coefficient (Wildman–Crippen LogP) is 2.31. The Balaban J connectivity index is 1.66. The highest BCUT2D eigenvalue weighted by Crippen LogP contribution is 2.27. The molecule has 0 saturated carbocycles. The van der Waals surface area contributed by atoms with Crippen LogP contribution >= 0.6 is 0 Å². The summed E-state index contributed by atoms with van der Waals surface area (Å²) < 4.78 is 7.55. The number of methoxy groups -OCH3 is 1. The summed E-state index contributed by atoms with van der Waals surface area (Å²) in [5.74, 6) is 1.02. The number of aromatic nitrogens is 3. The predicted molar refractivity (Wildman–Crippen MR) is 93.6 cm³/mol. The number of fused-ring (bicyclic) bond motifs is 3. The summed E-state index contributed by atoms with van der Waals surface area (Å²) in [6.07, 6.45) is 1.85. The fourth-order valence-electron chi connectivity index (χ4n) is 3.19. The summed E-state index contributed by atoms with van der Waals surface area (Å²) >= 11 is 0. The van der Waals surface area contributed by atoms with Crippen molar-refractivity contribution in [2.75, 3.05) is 31.8 Å². The lowest BCUT2D eigenvalue weighted by Gasteiger charge is -2.36. The summed E-state index contributed by atoms with van der Waals surface area (Å²) in [5.41, 5.74) is 3.28. The van der Waals surface area contributed by atoms with Gasteiger partial charge in [0.1, 0.15) is 0 Å². The van der Waals surface area contributed by atoms with Gasteiger partial charge in [0.15, 0.2) is 0 Å². The zero-order valence-corrected chi connectivity index (χ0v) is 13.8. The maximum absolute atomic E-state index is 5.28. The van der Waals surface area contributed by atoms with Crippen molar-refractivity contribution in [2.24, 2.45) is 0 Å². The largest absolute Gasteiger partial charge is 0.383 e. The molecule has 124 valence electrons. The van der Waals surface area contributed by atoms with E-state index >= 15 is 0 Å². The van der Waals surface area contributed by atoms with Gasteiger partial charge in [0, 0.05) is 26.4 Å². The highest BCUT2D eigenvalue weighted by Gasteiger charge is 2.25. The number of anilines is 1. The average molecular weight is 323 g/mol. The molecular formula is C18H21N5O. The van der Waals surface area contributed by atoms with Crippen LogP contribution in [0.25, 0.3) is 11.0 Å². The first-order valence-corrected chi connectivity index (χ1v) is 8.16. The van der Waals surface area contributed by atoms with Gasteiger partial charge in [0.25, 0.3) is 0 Å². The molecule has 3 heterocycles. The van der Waals surface area contributed by atoms with E-state index in [0.29, 0.717) is 6.61 Å². The Bertz CT molecular complexity index is 817. The number of pyridine rings is 1. The van der Waals surface area contributed by atoms with Crippen molar-refractivity contribution in [2.45, 2.75) is 13.2 Å². The van der Waals surface area contributed by atoms with Crippen LogP contribution in [0.5, 0.6) is 0 Å². The molecule has 0 saturated heterocycles.